The summed E-state index contributed by atoms with van der Waals surface area (Å²) < 4.78 is 12.0. The number of carbonyl (C=O) groups excluding carboxylic acids is 1. The molecule has 0 aromatic heterocycles. The fourth-order valence-electron chi connectivity index (χ4n) is 4.05. The Bertz CT molecular complexity index is 1340. The van der Waals surface area contributed by atoms with Gasteiger partial charge in [0.1, 0.15) is 18.2 Å². The lowest BCUT2D eigenvalue weighted by atomic mass is 10.00. The van der Waals surface area contributed by atoms with Crippen LogP contribution in [0, 0.1) is 6.92 Å². The van der Waals surface area contributed by atoms with Gasteiger partial charge in [0, 0.05) is 34.3 Å². The molecule has 0 atom stereocenters. The highest BCUT2D eigenvalue weighted by Crippen LogP contribution is 2.43. The van der Waals surface area contributed by atoms with Crippen LogP contribution in [0.4, 0.5) is 0 Å². The monoisotopic (exact) mass is 519 g/mol. The average molecular weight is 521 g/mol. The minimum atomic E-state index is -0.191. The highest BCUT2D eigenvalue weighted by atomic mass is 35.5. The maximum atomic E-state index is 13.1. The summed E-state index contributed by atoms with van der Waals surface area (Å²) in [7, 11) is 0. The molecule has 5 rings (SSSR count). The first-order valence-corrected chi connectivity index (χ1v) is 11.7. The second-order valence-corrected chi connectivity index (χ2v) is 9.64. The van der Waals surface area contributed by atoms with Crippen molar-refractivity contribution in [2.75, 3.05) is 6.73 Å². The molecule has 0 bridgehead atoms. The van der Waals surface area contributed by atoms with Crippen molar-refractivity contribution in [3.05, 3.63) is 96.1 Å². The second-order valence-electron chi connectivity index (χ2n) is 7.98. The third-order valence-corrected chi connectivity index (χ3v) is 6.94. The lowest BCUT2D eigenvalue weighted by Crippen LogP contribution is -2.32. The van der Waals surface area contributed by atoms with Crippen LogP contribution in [0.2, 0.25) is 20.1 Å². The molecule has 0 fully saturated rings. The third-order valence-electron chi connectivity index (χ3n) is 5.64. The molecule has 3 aromatic carbocycles. The quantitative estimate of drug-likeness (QED) is 0.333. The number of benzene rings is 3. The van der Waals surface area contributed by atoms with Crippen LogP contribution in [0.1, 0.15) is 32.6 Å². The van der Waals surface area contributed by atoms with Crippen molar-refractivity contribution in [1.82, 2.24) is 4.90 Å². The predicted molar refractivity (Wildman–Crippen MR) is 132 cm³/mol. The van der Waals surface area contributed by atoms with Gasteiger partial charge >= 0.3 is 0 Å². The maximum absolute atomic E-state index is 13.1. The van der Waals surface area contributed by atoms with E-state index in [1.807, 2.05) is 25.1 Å². The smallest absolute Gasteiger partial charge is 0.231 e. The standard InChI is InChI=1S/C25H17Cl4NO3/c1-13-24-16(11-30(12-32-24)10-14-2-5-19(27)21(29)6-14)7-18-23(31)22(33-25(13)18)8-15-3-4-17(26)9-20(15)28/h2-9H,10-12H2,1H3/b22-8-. The van der Waals surface area contributed by atoms with Crippen molar-refractivity contribution in [2.24, 2.45) is 0 Å². The normalized spacial score (nSPS) is 16.4. The van der Waals surface area contributed by atoms with E-state index < -0.39 is 0 Å². The number of nitrogens with zero attached hydrogens (tertiary/aromatic N) is 1. The molecule has 2 aliphatic rings. The summed E-state index contributed by atoms with van der Waals surface area (Å²) >= 11 is 24.4. The van der Waals surface area contributed by atoms with Gasteiger partial charge < -0.3 is 9.47 Å². The van der Waals surface area contributed by atoms with Crippen molar-refractivity contribution in [3.8, 4) is 11.5 Å². The summed E-state index contributed by atoms with van der Waals surface area (Å²) in [6.45, 7) is 3.57. The second kappa shape index (κ2) is 8.86. The van der Waals surface area contributed by atoms with E-state index in [2.05, 4.69) is 4.90 Å². The van der Waals surface area contributed by atoms with Crippen LogP contribution in [-0.2, 0) is 13.1 Å². The van der Waals surface area contributed by atoms with Gasteiger partial charge in [0.2, 0.25) is 5.78 Å². The summed E-state index contributed by atoms with van der Waals surface area (Å²) in [5.41, 5.74) is 3.93. The van der Waals surface area contributed by atoms with Crippen molar-refractivity contribution in [2.45, 2.75) is 20.0 Å². The number of allylic oxidation sites excluding steroid dienone is 1. The Kier molecular flexibility index (Phi) is 6.06. The van der Waals surface area contributed by atoms with Gasteiger partial charge in [0.15, 0.2) is 5.76 Å². The van der Waals surface area contributed by atoms with Crippen LogP contribution in [0.15, 0.2) is 48.2 Å². The Morgan fingerprint density at radius 1 is 0.970 bits per heavy atom. The number of Topliss-reactive ketones (excluding diaryl/α,β-unsaturated/α-hetero) is 1. The fourth-order valence-corrected chi connectivity index (χ4v) is 4.84. The topological polar surface area (TPSA) is 38.8 Å². The number of carbonyl (C=O) groups is 1. The summed E-state index contributed by atoms with van der Waals surface area (Å²) in [5, 5.41) is 2.01. The lowest BCUT2D eigenvalue weighted by molar-refractivity contribution is 0.0876. The molecule has 2 aliphatic heterocycles. The highest BCUT2D eigenvalue weighted by Gasteiger charge is 2.33. The van der Waals surface area contributed by atoms with Gasteiger partial charge in [0.05, 0.1) is 15.6 Å². The number of ketones is 1. The molecule has 0 aliphatic carbocycles. The number of halogens is 4. The Labute approximate surface area is 211 Å². The molecule has 0 spiro atoms. The zero-order valence-electron chi connectivity index (χ0n) is 17.4. The van der Waals surface area contributed by atoms with Crippen molar-refractivity contribution in [3.63, 3.8) is 0 Å². The molecule has 2 heterocycles. The molecular formula is C25H17Cl4NO3. The van der Waals surface area contributed by atoms with E-state index in [1.165, 1.54) is 0 Å². The number of fused-ring (bicyclic) bond motifs is 2. The highest BCUT2D eigenvalue weighted by molar-refractivity contribution is 6.42. The van der Waals surface area contributed by atoms with Crippen molar-refractivity contribution in [1.29, 1.82) is 0 Å². The fraction of sp³-hybridized carbons (Fsp3) is 0.160. The van der Waals surface area contributed by atoms with Gasteiger partial charge in [-0.2, -0.15) is 0 Å². The number of hydrogen-bond acceptors (Lipinski definition) is 4. The molecular weight excluding hydrogens is 504 g/mol. The lowest BCUT2D eigenvalue weighted by Gasteiger charge is -2.30. The maximum Gasteiger partial charge on any atom is 0.231 e. The van der Waals surface area contributed by atoms with Crippen molar-refractivity contribution < 1.29 is 14.3 Å². The van der Waals surface area contributed by atoms with Crippen LogP contribution < -0.4 is 9.47 Å². The van der Waals surface area contributed by atoms with Gasteiger partial charge in [-0.25, -0.2) is 0 Å². The summed E-state index contributed by atoms with van der Waals surface area (Å²) in [6.07, 6.45) is 1.64. The van der Waals surface area contributed by atoms with Crippen molar-refractivity contribution >= 4 is 58.3 Å². The first kappa shape index (κ1) is 22.6. The SMILES string of the molecule is Cc1c2c(cc3c1O/C(=C\c1ccc(Cl)cc1Cl)C3=O)CN(Cc1ccc(Cl)c(Cl)c1)CO2. The summed E-state index contributed by atoms with van der Waals surface area (Å²) in [6, 6.07) is 12.5. The molecule has 0 amide bonds. The minimum absolute atomic E-state index is 0.191. The molecule has 4 nitrogen and oxygen atoms in total. The molecule has 8 heteroatoms. The van der Waals surface area contributed by atoms with Gasteiger partial charge in [-0.3, -0.25) is 9.69 Å². The van der Waals surface area contributed by atoms with E-state index in [1.54, 1.807) is 30.3 Å². The van der Waals surface area contributed by atoms with E-state index in [0.29, 0.717) is 56.8 Å². The van der Waals surface area contributed by atoms with Crippen LogP contribution in [0.5, 0.6) is 11.5 Å². The van der Waals surface area contributed by atoms with E-state index in [9.17, 15) is 4.79 Å². The average Bonchev–Trinajstić information content (AvgIpc) is 3.08. The Balaban J connectivity index is 1.42. The minimum Gasteiger partial charge on any atom is -0.477 e. The van der Waals surface area contributed by atoms with E-state index >= 15 is 0 Å². The Hall–Kier alpha value is -2.21. The zero-order valence-corrected chi connectivity index (χ0v) is 20.4. The Morgan fingerprint density at radius 3 is 2.55 bits per heavy atom. The Morgan fingerprint density at radius 2 is 1.79 bits per heavy atom. The summed E-state index contributed by atoms with van der Waals surface area (Å²) in [5.74, 6) is 1.29. The number of rotatable bonds is 3. The molecule has 0 N–H and O–H groups in total. The van der Waals surface area contributed by atoms with Gasteiger partial charge in [0.25, 0.3) is 0 Å². The van der Waals surface area contributed by atoms with Crippen LogP contribution in [0.3, 0.4) is 0 Å². The third kappa shape index (κ3) is 4.34. The molecule has 0 unspecified atom stereocenters. The van der Waals surface area contributed by atoms with Gasteiger partial charge in [-0.05, 0) is 54.5 Å². The van der Waals surface area contributed by atoms with E-state index in [4.69, 9.17) is 55.9 Å². The van der Waals surface area contributed by atoms with Crippen LogP contribution in [-0.4, -0.2) is 17.4 Å². The number of ether oxygens (including phenoxy) is 2. The van der Waals surface area contributed by atoms with Gasteiger partial charge in [-0.15, -0.1) is 0 Å². The van der Waals surface area contributed by atoms with Crippen LogP contribution >= 0.6 is 46.4 Å². The molecule has 0 saturated heterocycles. The molecule has 33 heavy (non-hydrogen) atoms. The van der Waals surface area contributed by atoms with Gasteiger partial charge in [-0.1, -0.05) is 58.5 Å². The van der Waals surface area contributed by atoms with E-state index in [-0.39, 0.29) is 11.5 Å². The molecule has 0 saturated carbocycles. The van der Waals surface area contributed by atoms with E-state index in [0.717, 1.165) is 22.4 Å². The number of hydrogen-bond donors (Lipinski definition) is 0. The molecule has 3 aromatic rings. The first-order chi connectivity index (χ1) is 15.8. The largest absolute Gasteiger partial charge is 0.477 e. The molecule has 168 valence electrons. The summed E-state index contributed by atoms with van der Waals surface area (Å²) in [4.78, 5) is 15.2. The zero-order chi connectivity index (χ0) is 23.3. The van der Waals surface area contributed by atoms with Crippen LogP contribution in [0.25, 0.3) is 6.08 Å². The predicted octanol–water partition coefficient (Wildman–Crippen LogP) is 7.58. The first-order valence-electron chi connectivity index (χ1n) is 10.1. The molecule has 0 radical (unpaired) electrons.